The highest BCUT2D eigenvalue weighted by Crippen LogP contribution is 2.17. The second-order valence-corrected chi connectivity index (χ2v) is 13.2. The molecule has 0 bridgehead atoms. The van der Waals surface area contributed by atoms with Gasteiger partial charge in [0.25, 0.3) is 0 Å². The summed E-state index contributed by atoms with van der Waals surface area (Å²) in [6, 6.07) is 0. The average molecular weight is 587 g/mol. The van der Waals surface area contributed by atoms with Crippen molar-refractivity contribution >= 4 is 0 Å². The maximum atomic E-state index is 2.43. The lowest BCUT2D eigenvalue weighted by Gasteiger charge is -2.05. The fourth-order valence-electron chi connectivity index (χ4n) is 6.22. The van der Waals surface area contributed by atoms with Crippen LogP contribution in [0.1, 0.15) is 232 Å². The van der Waals surface area contributed by atoms with Gasteiger partial charge in [0.2, 0.25) is 0 Å². The zero-order valence-electron chi connectivity index (χ0n) is 28.4. The molecular formula is C38H80ClN. The van der Waals surface area contributed by atoms with Gasteiger partial charge in [0.15, 0.2) is 0 Å². The Kier molecular flexibility index (Phi) is 43.9. The van der Waals surface area contributed by atoms with Crippen molar-refractivity contribution < 1.29 is 17.7 Å². The Hall–Kier alpha value is 0.250. The summed E-state index contributed by atoms with van der Waals surface area (Å²) in [6.07, 6.45) is 50.4. The van der Waals surface area contributed by atoms with Gasteiger partial charge in [0.05, 0.1) is 13.1 Å². The van der Waals surface area contributed by atoms with Gasteiger partial charge in [-0.05, 0) is 19.8 Å². The van der Waals surface area contributed by atoms with Gasteiger partial charge in [-0.1, -0.05) is 212 Å². The molecule has 0 saturated heterocycles. The first-order valence-corrected chi connectivity index (χ1v) is 19.2. The van der Waals surface area contributed by atoms with E-state index in [9.17, 15) is 0 Å². The quantitative estimate of drug-likeness (QED) is 0.0704. The van der Waals surface area contributed by atoms with E-state index in [-0.39, 0.29) is 12.4 Å². The van der Waals surface area contributed by atoms with E-state index in [4.69, 9.17) is 0 Å². The molecule has 0 spiro atoms. The van der Waals surface area contributed by atoms with Crippen molar-refractivity contribution in [1.29, 1.82) is 0 Å². The Morgan fingerprint density at radius 1 is 0.250 bits per heavy atom. The van der Waals surface area contributed by atoms with E-state index in [1.165, 1.54) is 231 Å². The standard InChI is InChI=1S/C38H79N.ClH/c1-3-5-6-7-8-9-10-11-12-13-14-15-16-17-18-19-20-21-22-23-24-25-26-27-28-29-30-31-32-33-34-35-36-37-38-39-4-2;/h39H,3-38H2,1-2H3;1H. The molecule has 0 heterocycles. The average Bonchev–Trinajstić information content (AvgIpc) is 2.95. The highest BCUT2D eigenvalue weighted by Gasteiger charge is 1.97. The maximum absolute atomic E-state index is 2.43. The van der Waals surface area contributed by atoms with Crippen LogP contribution in [-0.4, -0.2) is 13.1 Å². The molecule has 0 saturated carbocycles. The Balaban J connectivity index is 0. The van der Waals surface area contributed by atoms with Crippen molar-refractivity contribution in [3.8, 4) is 0 Å². The minimum atomic E-state index is 0. The first-order chi connectivity index (χ1) is 19.4. The summed E-state index contributed by atoms with van der Waals surface area (Å²) < 4.78 is 0. The molecule has 2 N–H and O–H groups in total. The highest BCUT2D eigenvalue weighted by molar-refractivity contribution is 4.53. The number of rotatable bonds is 36. The third-order valence-corrected chi connectivity index (χ3v) is 9.05. The fourth-order valence-corrected chi connectivity index (χ4v) is 6.22. The Morgan fingerprint density at radius 3 is 0.600 bits per heavy atom. The molecule has 0 atom stereocenters. The van der Waals surface area contributed by atoms with Crippen molar-refractivity contribution in [2.75, 3.05) is 13.1 Å². The molecular weight excluding hydrogens is 506 g/mol. The topological polar surface area (TPSA) is 16.6 Å². The smallest absolute Gasteiger partial charge is 0.0755 e. The zero-order chi connectivity index (χ0) is 28.2. The molecule has 0 fully saturated rings. The molecule has 0 aromatic carbocycles. The van der Waals surface area contributed by atoms with Crippen LogP contribution in [-0.2, 0) is 0 Å². The molecule has 0 radical (unpaired) electrons. The molecule has 0 unspecified atom stereocenters. The SMILES string of the molecule is CCCCCCCCCCCCCCCCCCCCCCCCCCCCCCCCCCCC[NH2+]CC.[Cl-]. The molecule has 244 valence electrons. The minimum absolute atomic E-state index is 0. The van der Waals surface area contributed by atoms with Crippen LogP contribution in [0.3, 0.4) is 0 Å². The van der Waals surface area contributed by atoms with E-state index in [0.717, 1.165) is 0 Å². The summed E-state index contributed by atoms with van der Waals surface area (Å²) in [5.41, 5.74) is 0. The van der Waals surface area contributed by atoms with Crippen LogP contribution in [0, 0.1) is 0 Å². The summed E-state index contributed by atoms with van der Waals surface area (Å²) in [5.74, 6) is 0. The monoisotopic (exact) mass is 586 g/mol. The molecule has 0 aromatic rings. The molecule has 0 aromatic heterocycles. The third-order valence-electron chi connectivity index (χ3n) is 9.05. The van der Waals surface area contributed by atoms with Crippen molar-refractivity contribution in [3.05, 3.63) is 0 Å². The Labute approximate surface area is 262 Å². The summed E-state index contributed by atoms with van der Waals surface area (Å²) in [7, 11) is 0. The normalized spacial score (nSPS) is 11.2. The number of halogens is 1. The van der Waals surface area contributed by atoms with Gasteiger partial charge in [-0.2, -0.15) is 0 Å². The number of hydrogen-bond acceptors (Lipinski definition) is 0. The third kappa shape index (κ3) is 40.4. The van der Waals surface area contributed by atoms with Crippen molar-refractivity contribution in [2.24, 2.45) is 0 Å². The first kappa shape index (κ1) is 42.4. The summed E-state index contributed by atoms with van der Waals surface area (Å²) >= 11 is 0. The number of quaternary nitrogens is 1. The number of nitrogens with two attached hydrogens (primary N) is 1. The van der Waals surface area contributed by atoms with E-state index in [1.807, 2.05) is 0 Å². The van der Waals surface area contributed by atoms with Gasteiger partial charge < -0.3 is 17.7 Å². The van der Waals surface area contributed by atoms with Gasteiger partial charge in [-0.3, -0.25) is 0 Å². The van der Waals surface area contributed by atoms with E-state index in [2.05, 4.69) is 19.2 Å². The van der Waals surface area contributed by atoms with Gasteiger partial charge in [0.1, 0.15) is 0 Å². The lowest BCUT2D eigenvalue weighted by molar-refractivity contribution is -0.652. The van der Waals surface area contributed by atoms with Crippen molar-refractivity contribution in [2.45, 2.75) is 232 Å². The van der Waals surface area contributed by atoms with Gasteiger partial charge >= 0.3 is 0 Å². The minimum Gasteiger partial charge on any atom is -1.00 e. The van der Waals surface area contributed by atoms with Gasteiger partial charge in [-0.25, -0.2) is 0 Å². The molecule has 2 heteroatoms. The van der Waals surface area contributed by atoms with E-state index in [0.29, 0.717) is 0 Å². The molecule has 0 aliphatic carbocycles. The van der Waals surface area contributed by atoms with Gasteiger partial charge in [0, 0.05) is 0 Å². The largest absolute Gasteiger partial charge is 1.00 e. The van der Waals surface area contributed by atoms with E-state index < -0.39 is 0 Å². The first-order valence-electron chi connectivity index (χ1n) is 19.2. The van der Waals surface area contributed by atoms with Crippen LogP contribution < -0.4 is 17.7 Å². The van der Waals surface area contributed by atoms with Crippen LogP contribution >= 0.6 is 0 Å². The van der Waals surface area contributed by atoms with Crippen molar-refractivity contribution in [1.82, 2.24) is 0 Å². The Bertz CT molecular complexity index is 363. The zero-order valence-corrected chi connectivity index (χ0v) is 29.2. The highest BCUT2D eigenvalue weighted by atomic mass is 35.5. The summed E-state index contributed by atoms with van der Waals surface area (Å²) in [6.45, 7) is 7.16. The Morgan fingerprint density at radius 2 is 0.425 bits per heavy atom. The predicted octanol–water partition coefficient (Wildman–Crippen LogP) is 9.86. The molecule has 0 aliphatic rings. The molecule has 40 heavy (non-hydrogen) atoms. The lowest BCUT2D eigenvalue weighted by atomic mass is 10.0. The molecule has 0 amide bonds. The summed E-state index contributed by atoms with van der Waals surface area (Å²) in [4.78, 5) is 0. The second-order valence-electron chi connectivity index (χ2n) is 13.2. The predicted molar refractivity (Wildman–Crippen MR) is 180 cm³/mol. The second kappa shape index (κ2) is 41.4. The van der Waals surface area contributed by atoms with Crippen LogP contribution in [0.4, 0.5) is 0 Å². The van der Waals surface area contributed by atoms with Crippen LogP contribution in [0.15, 0.2) is 0 Å². The van der Waals surface area contributed by atoms with Crippen LogP contribution in [0.2, 0.25) is 0 Å². The van der Waals surface area contributed by atoms with Crippen molar-refractivity contribution in [3.63, 3.8) is 0 Å². The van der Waals surface area contributed by atoms with Crippen LogP contribution in [0.25, 0.3) is 0 Å². The maximum Gasteiger partial charge on any atom is 0.0755 e. The summed E-state index contributed by atoms with van der Waals surface area (Å²) in [5, 5.41) is 2.43. The number of unbranched alkanes of at least 4 members (excludes halogenated alkanes) is 33. The number of hydrogen-bond donors (Lipinski definition) is 1. The van der Waals surface area contributed by atoms with E-state index >= 15 is 0 Å². The fraction of sp³-hybridized carbons (Fsp3) is 1.00. The van der Waals surface area contributed by atoms with Gasteiger partial charge in [-0.15, -0.1) is 0 Å². The molecule has 0 aliphatic heterocycles. The van der Waals surface area contributed by atoms with Crippen LogP contribution in [0.5, 0.6) is 0 Å². The molecule has 0 rings (SSSR count). The van der Waals surface area contributed by atoms with E-state index in [1.54, 1.807) is 0 Å². The molecule has 1 nitrogen and oxygen atoms in total. The lowest BCUT2D eigenvalue weighted by Crippen LogP contribution is -3.00.